The standard InChI is InChI=1S/C15H21N3/c1-4-12-5-7-13(8-6-12)15-14(9-10-16-2)18(3)11-17-15/h5-8,11,16H,4,9-10H2,1-3H3. The van der Waals surface area contributed by atoms with Crippen LogP contribution in [0.2, 0.25) is 0 Å². The van der Waals surface area contributed by atoms with Crippen LogP contribution < -0.4 is 5.32 Å². The lowest BCUT2D eigenvalue weighted by atomic mass is 10.1. The number of likely N-dealkylation sites (N-methyl/N-ethyl adjacent to an activating group) is 1. The smallest absolute Gasteiger partial charge is 0.0953 e. The molecule has 0 fully saturated rings. The molecular weight excluding hydrogens is 222 g/mol. The summed E-state index contributed by atoms with van der Waals surface area (Å²) in [6, 6.07) is 8.71. The number of rotatable bonds is 5. The van der Waals surface area contributed by atoms with Gasteiger partial charge in [0.2, 0.25) is 0 Å². The number of aromatic nitrogens is 2. The molecule has 3 nitrogen and oxygen atoms in total. The van der Waals surface area contributed by atoms with Crippen molar-refractivity contribution >= 4 is 0 Å². The van der Waals surface area contributed by atoms with Crippen molar-refractivity contribution in [3.63, 3.8) is 0 Å². The van der Waals surface area contributed by atoms with Gasteiger partial charge in [0, 0.05) is 31.3 Å². The lowest BCUT2D eigenvalue weighted by Gasteiger charge is -2.06. The zero-order chi connectivity index (χ0) is 13.0. The summed E-state index contributed by atoms with van der Waals surface area (Å²) in [5.41, 5.74) is 4.97. The molecule has 1 heterocycles. The lowest BCUT2D eigenvalue weighted by molar-refractivity contribution is 0.738. The predicted molar refractivity (Wildman–Crippen MR) is 75.7 cm³/mol. The van der Waals surface area contributed by atoms with Crippen LogP contribution in [0.15, 0.2) is 30.6 Å². The normalized spacial score (nSPS) is 10.8. The second-order valence-corrected chi connectivity index (χ2v) is 4.55. The van der Waals surface area contributed by atoms with Gasteiger partial charge < -0.3 is 9.88 Å². The number of hydrogen-bond acceptors (Lipinski definition) is 2. The van der Waals surface area contributed by atoms with Gasteiger partial charge in [0.05, 0.1) is 12.0 Å². The third-order valence-corrected chi connectivity index (χ3v) is 3.31. The molecule has 0 aliphatic heterocycles. The van der Waals surface area contributed by atoms with Crippen LogP contribution in [-0.2, 0) is 19.9 Å². The molecule has 1 aromatic carbocycles. The third kappa shape index (κ3) is 2.62. The second-order valence-electron chi connectivity index (χ2n) is 4.55. The quantitative estimate of drug-likeness (QED) is 0.874. The third-order valence-electron chi connectivity index (χ3n) is 3.31. The lowest BCUT2D eigenvalue weighted by Crippen LogP contribution is -2.12. The van der Waals surface area contributed by atoms with Crippen LogP contribution in [0, 0.1) is 0 Å². The average molecular weight is 243 g/mol. The van der Waals surface area contributed by atoms with Gasteiger partial charge in [0.15, 0.2) is 0 Å². The molecule has 18 heavy (non-hydrogen) atoms. The van der Waals surface area contributed by atoms with E-state index in [0.29, 0.717) is 0 Å². The highest BCUT2D eigenvalue weighted by molar-refractivity contribution is 5.62. The molecule has 2 aromatic rings. The molecule has 0 saturated heterocycles. The van der Waals surface area contributed by atoms with Gasteiger partial charge in [-0.1, -0.05) is 31.2 Å². The summed E-state index contributed by atoms with van der Waals surface area (Å²) in [5, 5.41) is 3.19. The summed E-state index contributed by atoms with van der Waals surface area (Å²) >= 11 is 0. The Morgan fingerprint density at radius 1 is 1.22 bits per heavy atom. The zero-order valence-electron chi connectivity index (χ0n) is 11.4. The minimum Gasteiger partial charge on any atom is -0.337 e. The van der Waals surface area contributed by atoms with Gasteiger partial charge in [0.25, 0.3) is 0 Å². The molecule has 1 aromatic heterocycles. The van der Waals surface area contributed by atoms with Crippen LogP contribution >= 0.6 is 0 Å². The van der Waals surface area contributed by atoms with E-state index in [9.17, 15) is 0 Å². The molecule has 1 N–H and O–H groups in total. The second kappa shape index (κ2) is 5.83. The minimum absolute atomic E-state index is 0.972. The van der Waals surface area contributed by atoms with Gasteiger partial charge in [-0.05, 0) is 19.0 Å². The highest BCUT2D eigenvalue weighted by Gasteiger charge is 2.10. The van der Waals surface area contributed by atoms with E-state index in [1.807, 2.05) is 13.4 Å². The first-order valence-electron chi connectivity index (χ1n) is 6.50. The van der Waals surface area contributed by atoms with Crippen LogP contribution in [-0.4, -0.2) is 23.1 Å². The average Bonchev–Trinajstić information content (AvgIpc) is 2.78. The van der Waals surface area contributed by atoms with Crippen molar-refractivity contribution in [1.82, 2.24) is 14.9 Å². The van der Waals surface area contributed by atoms with Gasteiger partial charge in [-0.25, -0.2) is 4.98 Å². The van der Waals surface area contributed by atoms with Crippen molar-refractivity contribution in [1.29, 1.82) is 0 Å². The monoisotopic (exact) mass is 243 g/mol. The van der Waals surface area contributed by atoms with E-state index in [0.717, 1.165) is 25.1 Å². The summed E-state index contributed by atoms with van der Waals surface area (Å²) < 4.78 is 2.11. The van der Waals surface area contributed by atoms with Gasteiger partial charge >= 0.3 is 0 Å². The van der Waals surface area contributed by atoms with Crippen molar-refractivity contribution in [3.05, 3.63) is 41.9 Å². The molecule has 0 amide bonds. The number of imidazole rings is 1. The summed E-state index contributed by atoms with van der Waals surface area (Å²) in [4.78, 5) is 4.53. The van der Waals surface area contributed by atoms with Crippen molar-refractivity contribution in [2.45, 2.75) is 19.8 Å². The van der Waals surface area contributed by atoms with Gasteiger partial charge in [-0.3, -0.25) is 0 Å². The Morgan fingerprint density at radius 3 is 2.56 bits per heavy atom. The number of nitrogens with zero attached hydrogens (tertiary/aromatic N) is 2. The van der Waals surface area contributed by atoms with E-state index >= 15 is 0 Å². The summed E-state index contributed by atoms with van der Waals surface area (Å²) in [7, 11) is 4.04. The molecule has 0 aliphatic rings. The maximum Gasteiger partial charge on any atom is 0.0953 e. The number of benzene rings is 1. The van der Waals surface area contributed by atoms with Crippen LogP contribution in [0.25, 0.3) is 11.3 Å². The van der Waals surface area contributed by atoms with Crippen molar-refractivity contribution in [3.8, 4) is 11.3 Å². The van der Waals surface area contributed by atoms with Gasteiger partial charge in [0.1, 0.15) is 0 Å². The summed E-state index contributed by atoms with van der Waals surface area (Å²) in [5.74, 6) is 0. The van der Waals surface area contributed by atoms with Gasteiger partial charge in [-0.15, -0.1) is 0 Å². The molecule has 2 rings (SSSR count). The molecule has 0 spiro atoms. The Morgan fingerprint density at radius 2 is 1.94 bits per heavy atom. The van der Waals surface area contributed by atoms with Gasteiger partial charge in [-0.2, -0.15) is 0 Å². The maximum absolute atomic E-state index is 4.53. The molecule has 0 bridgehead atoms. The number of nitrogens with one attached hydrogen (secondary N) is 1. The Hall–Kier alpha value is -1.61. The van der Waals surface area contributed by atoms with Crippen LogP contribution in [0.1, 0.15) is 18.2 Å². The van der Waals surface area contributed by atoms with E-state index in [1.54, 1.807) is 0 Å². The van der Waals surface area contributed by atoms with Crippen molar-refractivity contribution in [2.24, 2.45) is 7.05 Å². The van der Waals surface area contributed by atoms with E-state index < -0.39 is 0 Å². The topological polar surface area (TPSA) is 29.9 Å². The molecule has 0 unspecified atom stereocenters. The Labute approximate surface area is 109 Å². The van der Waals surface area contributed by atoms with E-state index in [4.69, 9.17) is 0 Å². The Bertz CT molecular complexity index is 497. The highest BCUT2D eigenvalue weighted by atomic mass is 15.0. The molecule has 3 heteroatoms. The maximum atomic E-state index is 4.53. The van der Waals surface area contributed by atoms with Crippen molar-refractivity contribution < 1.29 is 0 Å². The first-order valence-corrected chi connectivity index (χ1v) is 6.50. The summed E-state index contributed by atoms with van der Waals surface area (Å²) in [6.07, 6.45) is 3.97. The fraction of sp³-hybridized carbons (Fsp3) is 0.400. The van der Waals surface area contributed by atoms with Crippen molar-refractivity contribution in [2.75, 3.05) is 13.6 Å². The predicted octanol–water partition coefficient (Wildman–Crippen LogP) is 2.41. The zero-order valence-corrected chi connectivity index (χ0v) is 11.4. The van der Waals surface area contributed by atoms with Crippen LogP contribution in [0.5, 0.6) is 0 Å². The molecule has 0 atom stereocenters. The SMILES string of the molecule is CCc1ccc(-c2ncn(C)c2CCNC)cc1. The fourth-order valence-electron chi connectivity index (χ4n) is 2.13. The first-order chi connectivity index (χ1) is 8.76. The van der Waals surface area contributed by atoms with E-state index in [-0.39, 0.29) is 0 Å². The fourth-order valence-corrected chi connectivity index (χ4v) is 2.13. The molecule has 0 saturated carbocycles. The van der Waals surface area contributed by atoms with E-state index in [1.165, 1.54) is 16.8 Å². The molecular formula is C15H21N3. The number of hydrogen-bond donors (Lipinski definition) is 1. The van der Waals surface area contributed by atoms with E-state index in [2.05, 4.69) is 53.1 Å². The number of aryl methyl sites for hydroxylation is 2. The molecule has 96 valence electrons. The van der Waals surface area contributed by atoms with Crippen LogP contribution in [0.3, 0.4) is 0 Å². The largest absolute Gasteiger partial charge is 0.337 e. The first kappa shape index (κ1) is 12.8. The highest BCUT2D eigenvalue weighted by Crippen LogP contribution is 2.22. The van der Waals surface area contributed by atoms with Crippen LogP contribution in [0.4, 0.5) is 0 Å². The minimum atomic E-state index is 0.972. The molecule has 0 aliphatic carbocycles. The summed E-state index contributed by atoms with van der Waals surface area (Å²) in [6.45, 7) is 3.15. The Kier molecular flexibility index (Phi) is 4.15. The molecule has 0 radical (unpaired) electrons. The Balaban J connectivity index is 2.31.